The van der Waals surface area contributed by atoms with Gasteiger partial charge in [-0.1, -0.05) is 40.5 Å². The molecule has 0 spiro atoms. The largest absolute Gasteiger partial charge is 0.343 e. The number of piperazine rings is 1. The number of hydrogen-bond acceptors (Lipinski definition) is 2. The van der Waals surface area contributed by atoms with Crippen LogP contribution < -0.4 is 5.32 Å². The smallest absolute Gasteiger partial charge is 0.246 e. The third-order valence-electron chi connectivity index (χ3n) is 5.01. The SMILES string of the molecule is CCCC1NC(=O)C(CC)N(C2CCCC2(C)C)C1=O. The maximum absolute atomic E-state index is 12.8. The van der Waals surface area contributed by atoms with Gasteiger partial charge < -0.3 is 10.2 Å². The lowest BCUT2D eigenvalue weighted by Gasteiger charge is -2.46. The normalized spacial score (nSPS) is 33.4. The molecular weight excluding hydrogens is 252 g/mol. The summed E-state index contributed by atoms with van der Waals surface area (Å²) in [7, 11) is 0. The van der Waals surface area contributed by atoms with Crippen LogP contribution in [0.3, 0.4) is 0 Å². The van der Waals surface area contributed by atoms with Crippen LogP contribution in [-0.4, -0.2) is 34.8 Å². The molecule has 4 nitrogen and oxygen atoms in total. The van der Waals surface area contributed by atoms with E-state index in [4.69, 9.17) is 0 Å². The van der Waals surface area contributed by atoms with Gasteiger partial charge in [-0.2, -0.15) is 0 Å². The number of rotatable bonds is 4. The lowest BCUT2D eigenvalue weighted by molar-refractivity contribution is -0.154. The fourth-order valence-corrected chi connectivity index (χ4v) is 3.85. The molecule has 0 aromatic rings. The van der Waals surface area contributed by atoms with Crippen molar-refractivity contribution in [1.82, 2.24) is 10.2 Å². The van der Waals surface area contributed by atoms with Gasteiger partial charge >= 0.3 is 0 Å². The number of nitrogens with one attached hydrogen (secondary N) is 1. The van der Waals surface area contributed by atoms with E-state index in [0.29, 0.717) is 6.42 Å². The van der Waals surface area contributed by atoms with Crippen LogP contribution in [0.4, 0.5) is 0 Å². The molecule has 3 atom stereocenters. The Morgan fingerprint density at radius 2 is 2.00 bits per heavy atom. The number of hydrogen-bond donors (Lipinski definition) is 1. The van der Waals surface area contributed by atoms with Crippen LogP contribution in [0.5, 0.6) is 0 Å². The highest BCUT2D eigenvalue weighted by atomic mass is 16.2. The Morgan fingerprint density at radius 1 is 1.30 bits per heavy atom. The Morgan fingerprint density at radius 3 is 2.50 bits per heavy atom. The second-order valence-corrected chi connectivity index (χ2v) is 6.92. The van der Waals surface area contributed by atoms with Crippen LogP contribution in [0, 0.1) is 5.41 Å². The molecule has 2 rings (SSSR count). The van der Waals surface area contributed by atoms with E-state index in [1.54, 1.807) is 0 Å². The predicted molar refractivity (Wildman–Crippen MR) is 79.2 cm³/mol. The summed E-state index contributed by atoms with van der Waals surface area (Å²) >= 11 is 0. The quantitative estimate of drug-likeness (QED) is 0.860. The lowest BCUT2D eigenvalue weighted by Crippen LogP contribution is -2.66. The lowest BCUT2D eigenvalue weighted by atomic mass is 9.84. The monoisotopic (exact) mass is 280 g/mol. The summed E-state index contributed by atoms with van der Waals surface area (Å²) < 4.78 is 0. The van der Waals surface area contributed by atoms with E-state index in [1.165, 1.54) is 0 Å². The molecule has 2 aliphatic rings. The summed E-state index contributed by atoms with van der Waals surface area (Å²) in [6.07, 6.45) is 5.67. The molecule has 1 N–H and O–H groups in total. The van der Waals surface area contributed by atoms with Crippen LogP contribution >= 0.6 is 0 Å². The van der Waals surface area contributed by atoms with Gasteiger partial charge in [-0.3, -0.25) is 9.59 Å². The standard InChI is InChI=1S/C16H28N2O2/c1-5-8-11-15(20)18(12(6-2)14(19)17-11)13-9-7-10-16(13,3)4/h11-13H,5-10H2,1-4H3,(H,17,19). The summed E-state index contributed by atoms with van der Waals surface area (Å²) in [5.41, 5.74) is 0.122. The van der Waals surface area contributed by atoms with Crippen molar-refractivity contribution < 1.29 is 9.59 Å². The van der Waals surface area contributed by atoms with E-state index in [0.717, 1.165) is 32.1 Å². The van der Waals surface area contributed by atoms with Crippen molar-refractivity contribution in [2.75, 3.05) is 0 Å². The topological polar surface area (TPSA) is 49.4 Å². The molecule has 0 aromatic carbocycles. The van der Waals surface area contributed by atoms with Crippen LogP contribution in [0.1, 0.15) is 66.2 Å². The van der Waals surface area contributed by atoms with Gasteiger partial charge in [-0.25, -0.2) is 0 Å². The molecule has 3 unspecified atom stereocenters. The number of carbonyl (C=O) groups excluding carboxylic acids is 2. The maximum atomic E-state index is 12.8. The summed E-state index contributed by atoms with van der Waals surface area (Å²) in [5, 5.41) is 2.92. The van der Waals surface area contributed by atoms with Gasteiger partial charge in [0, 0.05) is 6.04 Å². The summed E-state index contributed by atoms with van der Waals surface area (Å²) in [5.74, 6) is 0.173. The predicted octanol–water partition coefficient (Wildman–Crippen LogP) is 2.47. The minimum atomic E-state index is -0.313. The van der Waals surface area contributed by atoms with Crippen molar-refractivity contribution in [3.63, 3.8) is 0 Å². The molecule has 0 aromatic heterocycles. The Kier molecular flexibility index (Phi) is 4.40. The van der Waals surface area contributed by atoms with Crippen molar-refractivity contribution in [1.29, 1.82) is 0 Å². The van der Waals surface area contributed by atoms with Crippen molar-refractivity contribution in [3.8, 4) is 0 Å². The van der Waals surface area contributed by atoms with Gasteiger partial charge in [0.05, 0.1) is 0 Å². The molecule has 1 aliphatic carbocycles. The van der Waals surface area contributed by atoms with Gasteiger partial charge in [0.2, 0.25) is 11.8 Å². The van der Waals surface area contributed by atoms with Crippen molar-refractivity contribution in [2.24, 2.45) is 5.41 Å². The van der Waals surface area contributed by atoms with E-state index < -0.39 is 0 Å². The van der Waals surface area contributed by atoms with Gasteiger partial charge in [-0.15, -0.1) is 0 Å². The number of nitrogens with zero attached hydrogens (tertiary/aromatic N) is 1. The Bertz CT molecular complexity index is 392. The van der Waals surface area contributed by atoms with Gasteiger partial charge in [0.1, 0.15) is 12.1 Å². The maximum Gasteiger partial charge on any atom is 0.246 e. The number of carbonyl (C=O) groups is 2. The van der Waals surface area contributed by atoms with E-state index in [1.807, 2.05) is 11.8 Å². The first-order valence-corrected chi connectivity index (χ1v) is 8.05. The minimum absolute atomic E-state index is 0.0354. The molecule has 1 aliphatic heterocycles. The van der Waals surface area contributed by atoms with E-state index >= 15 is 0 Å². The van der Waals surface area contributed by atoms with Crippen molar-refractivity contribution >= 4 is 11.8 Å². The molecule has 4 heteroatoms. The van der Waals surface area contributed by atoms with Crippen LogP contribution in [0.25, 0.3) is 0 Å². The Labute approximate surface area is 122 Å². The third kappa shape index (κ3) is 2.57. The van der Waals surface area contributed by atoms with E-state index in [-0.39, 0.29) is 35.4 Å². The van der Waals surface area contributed by atoms with E-state index in [9.17, 15) is 9.59 Å². The molecule has 1 saturated carbocycles. The Hall–Kier alpha value is -1.06. The first-order valence-electron chi connectivity index (χ1n) is 8.05. The first kappa shape index (κ1) is 15.3. The zero-order valence-electron chi connectivity index (χ0n) is 13.2. The second kappa shape index (κ2) is 5.74. The third-order valence-corrected chi connectivity index (χ3v) is 5.01. The summed E-state index contributed by atoms with van der Waals surface area (Å²) in [6, 6.07) is -0.380. The van der Waals surface area contributed by atoms with E-state index in [2.05, 4.69) is 26.1 Å². The highest BCUT2D eigenvalue weighted by molar-refractivity contribution is 5.97. The molecule has 1 saturated heterocycles. The molecule has 1 heterocycles. The van der Waals surface area contributed by atoms with Gasteiger partial charge in [-0.05, 0) is 31.1 Å². The van der Waals surface area contributed by atoms with Crippen LogP contribution in [0.2, 0.25) is 0 Å². The fraction of sp³-hybridized carbons (Fsp3) is 0.875. The van der Waals surface area contributed by atoms with Crippen molar-refractivity contribution in [2.45, 2.75) is 84.3 Å². The highest BCUT2D eigenvalue weighted by Crippen LogP contribution is 2.42. The second-order valence-electron chi connectivity index (χ2n) is 6.92. The van der Waals surface area contributed by atoms with Crippen molar-refractivity contribution in [3.05, 3.63) is 0 Å². The molecule has 2 amide bonds. The molecule has 0 radical (unpaired) electrons. The zero-order valence-corrected chi connectivity index (χ0v) is 13.2. The molecular formula is C16H28N2O2. The average Bonchev–Trinajstić information content (AvgIpc) is 2.73. The molecule has 0 bridgehead atoms. The zero-order chi connectivity index (χ0) is 14.9. The summed E-state index contributed by atoms with van der Waals surface area (Å²) in [6.45, 7) is 8.50. The average molecular weight is 280 g/mol. The van der Waals surface area contributed by atoms with Crippen LogP contribution in [-0.2, 0) is 9.59 Å². The Balaban J connectivity index is 2.29. The van der Waals surface area contributed by atoms with Gasteiger partial charge in [0.25, 0.3) is 0 Å². The molecule has 114 valence electrons. The fourth-order valence-electron chi connectivity index (χ4n) is 3.85. The highest BCUT2D eigenvalue weighted by Gasteiger charge is 2.48. The van der Waals surface area contributed by atoms with Crippen LogP contribution in [0.15, 0.2) is 0 Å². The van der Waals surface area contributed by atoms with Gasteiger partial charge in [0.15, 0.2) is 0 Å². The molecule has 20 heavy (non-hydrogen) atoms. The summed E-state index contributed by atoms with van der Waals surface area (Å²) in [4.78, 5) is 27.1. The molecule has 2 fully saturated rings. The number of amides is 2. The first-order chi connectivity index (χ1) is 9.42. The minimum Gasteiger partial charge on any atom is -0.343 e.